The van der Waals surface area contributed by atoms with Gasteiger partial charge in [0.25, 0.3) is 5.91 Å². The number of benzene rings is 1. The lowest BCUT2D eigenvalue weighted by atomic mass is 10.2. The predicted molar refractivity (Wildman–Crippen MR) is 89.3 cm³/mol. The Bertz CT molecular complexity index is 627. The highest BCUT2D eigenvalue weighted by Crippen LogP contribution is 2.35. The first-order chi connectivity index (χ1) is 10.1. The van der Waals surface area contributed by atoms with Crippen LogP contribution in [0.15, 0.2) is 18.2 Å². The maximum absolute atomic E-state index is 12.2. The lowest BCUT2D eigenvalue weighted by molar-refractivity contribution is 0.0946. The molecule has 1 amide bonds. The lowest BCUT2D eigenvalue weighted by Gasteiger charge is -2.05. The van der Waals surface area contributed by atoms with Crippen molar-refractivity contribution in [1.82, 2.24) is 5.32 Å². The molecule has 0 atom stereocenters. The minimum atomic E-state index is -0.139. The Balaban J connectivity index is 1.95. The number of hydrogen-bond donors (Lipinski definition) is 2. The van der Waals surface area contributed by atoms with Crippen molar-refractivity contribution in [1.29, 1.82) is 0 Å². The molecule has 0 aliphatic carbocycles. The van der Waals surface area contributed by atoms with E-state index in [0.717, 1.165) is 29.5 Å². The van der Waals surface area contributed by atoms with Gasteiger partial charge in [0, 0.05) is 34.9 Å². The second kappa shape index (κ2) is 7.64. The molecule has 2 aromatic rings. The van der Waals surface area contributed by atoms with Gasteiger partial charge in [0.1, 0.15) is 4.88 Å². The summed E-state index contributed by atoms with van der Waals surface area (Å²) in [5.41, 5.74) is 6.56. The number of nitrogens with two attached hydrogens (primary N) is 1. The monoisotopic (exact) mass is 326 g/mol. The Morgan fingerprint density at radius 1 is 1.43 bits per heavy atom. The van der Waals surface area contributed by atoms with Crippen LogP contribution in [0.3, 0.4) is 0 Å². The number of amides is 1. The molecule has 4 nitrogen and oxygen atoms in total. The molecule has 114 valence electrons. The Kier molecular flexibility index (Phi) is 5.85. The highest BCUT2D eigenvalue weighted by atomic mass is 35.5. The molecule has 0 radical (unpaired) electrons. The van der Waals surface area contributed by atoms with Gasteiger partial charge in [0.2, 0.25) is 0 Å². The molecule has 0 aliphatic heterocycles. The number of fused-ring (bicyclic) bond motifs is 1. The number of nitrogen functional groups attached to an aromatic ring is 1. The Labute approximate surface area is 133 Å². The van der Waals surface area contributed by atoms with Crippen molar-refractivity contribution in [3.8, 4) is 0 Å². The lowest BCUT2D eigenvalue weighted by Crippen LogP contribution is -2.25. The fraction of sp³-hybridized carbons (Fsp3) is 0.400. The van der Waals surface area contributed by atoms with E-state index in [4.69, 9.17) is 22.1 Å². The van der Waals surface area contributed by atoms with E-state index in [9.17, 15) is 4.79 Å². The number of carbonyl (C=O) groups is 1. The van der Waals surface area contributed by atoms with Crippen LogP contribution in [0.2, 0.25) is 5.02 Å². The summed E-state index contributed by atoms with van der Waals surface area (Å²) < 4.78 is 6.29. The van der Waals surface area contributed by atoms with Crippen molar-refractivity contribution in [2.24, 2.45) is 0 Å². The average molecular weight is 327 g/mol. The molecule has 0 aliphatic rings. The van der Waals surface area contributed by atoms with E-state index in [1.165, 1.54) is 11.3 Å². The van der Waals surface area contributed by atoms with E-state index < -0.39 is 0 Å². The van der Waals surface area contributed by atoms with Gasteiger partial charge in [-0.3, -0.25) is 4.79 Å². The second-order valence-electron chi connectivity index (χ2n) is 4.71. The standard InChI is InChI=1S/C15H19ClN2O2S/c1-2-7-20-8-3-6-18-15(19)14-13(17)11-5-4-10(16)9-12(11)21-14/h4-5,9H,2-3,6-8,17H2,1H3,(H,18,19). The van der Waals surface area contributed by atoms with E-state index in [2.05, 4.69) is 12.2 Å². The van der Waals surface area contributed by atoms with E-state index >= 15 is 0 Å². The normalized spacial score (nSPS) is 11.0. The first-order valence-electron chi connectivity index (χ1n) is 6.97. The van der Waals surface area contributed by atoms with Gasteiger partial charge in [-0.2, -0.15) is 0 Å². The minimum absolute atomic E-state index is 0.139. The Morgan fingerprint density at radius 2 is 2.24 bits per heavy atom. The Morgan fingerprint density at radius 3 is 3.00 bits per heavy atom. The summed E-state index contributed by atoms with van der Waals surface area (Å²) in [7, 11) is 0. The van der Waals surface area contributed by atoms with Crippen molar-refractivity contribution >= 4 is 44.6 Å². The summed E-state index contributed by atoms with van der Waals surface area (Å²) in [5, 5.41) is 4.39. The van der Waals surface area contributed by atoms with Crippen molar-refractivity contribution in [2.45, 2.75) is 19.8 Å². The molecule has 3 N–H and O–H groups in total. The number of anilines is 1. The molecule has 0 unspecified atom stereocenters. The SMILES string of the molecule is CCCOCCCNC(=O)c1sc2cc(Cl)ccc2c1N. The maximum atomic E-state index is 12.2. The molecule has 2 rings (SSSR count). The molecular formula is C15H19ClN2O2S. The van der Waals surface area contributed by atoms with Gasteiger partial charge in [-0.1, -0.05) is 18.5 Å². The second-order valence-corrected chi connectivity index (χ2v) is 6.20. The van der Waals surface area contributed by atoms with Gasteiger partial charge >= 0.3 is 0 Å². The third kappa shape index (κ3) is 4.09. The highest BCUT2D eigenvalue weighted by molar-refractivity contribution is 7.21. The summed E-state index contributed by atoms with van der Waals surface area (Å²) in [5.74, 6) is -0.139. The van der Waals surface area contributed by atoms with Gasteiger partial charge in [-0.15, -0.1) is 11.3 Å². The molecule has 0 saturated carbocycles. The zero-order valence-electron chi connectivity index (χ0n) is 11.9. The van der Waals surface area contributed by atoms with Crippen LogP contribution in [0, 0.1) is 0 Å². The van der Waals surface area contributed by atoms with Crippen LogP contribution in [0.5, 0.6) is 0 Å². The van der Waals surface area contributed by atoms with Crippen molar-refractivity contribution in [3.63, 3.8) is 0 Å². The van der Waals surface area contributed by atoms with Crippen LogP contribution in [-0.4, -0.2) is 25.7 Å². The quantitative estimate of drug-likeness (QED) is 0.763. The summed E-state index contributed by atoms with van der Waals surface area (Å²) in [6.45, 7) is 4.07. The molecule has 1 heterocycles. The highest BCUT2D eigenvalue weighted by Gasteiger charge is 2.16. The predicted octanol–water partition coefficient (Wildman–Crippen LogP) is 3.68. The van der Waals surface area contributed by atoms with Crippen molar-refractivity contribution in [2.75, 3.05) is 25.5 Å². The van der Waals surface area contributed by atoms with E-state index in [1.54, 1.807) is 6.07 Å². The average Bonchev–Trinajstić information content (AvgIpc) is 2.79. The van der Waals surface area contributed by atoms with Crippen LogP contribution in [0.25, 0.3) is 10.1 Å². The van der Waals surface area contributed by atoms with E-state index in [-0.39, 0.29) is 5.91 Å². The van der Waals surface area contributed by atoms with Crippen LogP contribution < -0.4 is 11.1 Å². The maximum Gasteiger partial charge on any atom is 0.263 e. The minimum Gasteiger partial charge on any atom is -0.397 e. The van der Waals surface area contributed by atoms with Gasteiger partial charge < -0.3 is 15.8 Å². The summed E-state index contributed by atoms with van der Waals surface area (Å²) in [6, 6.07) is 5.45. The molecular weight excluding hydrogens is 308 g/mol. The van der Waals surface area contributed by atoms with Crippen LogP contribution >= 0.6 is 22.9 Å². The van der Waals surface area contributed by atoms with Crippen LogP contribution in [0.1, 0.15) is 29.4 Å². The topological polar surface area (TPSA) is 64.3 Å². The largest absolute Gasteiger partial charge is 0.397 e. The molecule has 21 heavy (non-hydrogen) atoms. The fourth-order valence-corrected chi connectivity index (χ4v) is 3.28. The third-order valence-corrected chi connectivity index (χ3v) is 4.40. The number of nitrogens with one attached hydrogen (secondary N) is 1. The number of hydrogen-bond acceptors (Lipinski definition) is 4. The van der Waals surface area contributed by atoms with Crippen molar-refractivity contribution in [3.05, 3.63) is 28.1 Å². The Hall–Kier alpha value is -1.30. The van der Waals surface area contributed by atoms with E-state index in [1.807, 2.05) is 12.1 Å². The molecule has 0 spiro atoms. The zero-order chi connectivity index (χ0) is 15.2. The zero-order valence-corrected chi connectivity index (χ0v) is 13.5. The van der Waals surface area contributed by atoms with Gasteiger partial charge in [0.05, 0.1) is 5.69 Å². The third-order valence-electron chi connectivity index (χ3n) is 3.00. The van der Waals surface area contributed by atoms with Crippen molar-refractivity contribution < 1.29 is 9.53 Å². The summed E-state index contributed by atoms with van der Waals surface area (Å²) in [4.78, 5) is 12.7. The summed E-state index contributed by atoms with van der Waals surface area (Å²) >= 11 is 7.32. The van der Waals surface area contributed by atoms with Gasteiger partial charge in [0.15, 0.2) is 0 Å². The smallest absolute Gasteiger partial charge is 0.263 e. The number of halogens is 1. The fourth-order valence-electron chi connectivity index (χ4n) is 1.96. The number of carbonyl (C=O) groups excluding carboxylic acids is 1. The first kappa shape index (κ1) is 16.1. The van der Waals surface area contributed by atoms with Crippen LogP contribution in [-0.2, 0) is 4.74 Å². The molecule has 1 aromatic carbocycles. The van der Waals surface area contributed by atoms with Gasteiger partial charge in [-0.25, -0.2) is 0 Å². The number of thiophene rings is 1. The molecule has 0 saturated heterocycles. The summed E-state index contributed by atoms with van der Waals surface area (Å²) in [6.07, 6.45) is 1.80. The molecule has 1 aromatic heterocycles. The molecule has 0 bridgehead atoms. The first-order valence-corrected chi connectivity index (χ1v) is 8.16. The van der Waals surface area contributed by atoms with Gasteiger partial charge in [-0.05, 0) is 31.0 Å². The number of ether oxygens (including phenoxy) is 1. The molecule has 6 heteroatoms. The molecule has 0 fully saturated rings. The number of rotatable bonds is 7. The van der Waals surface area contributed by atoms with E-state index in [0.29, 0.717) is 28.7 Å². The van der Waals surface area contributed by atoms with Crippen LogP contribution in [0.4, 0.5) is 5.69 Å².